The van der Waals surface area contributed by atoms with Crippen molar-refractivity contribution in [1.29, 1.82) is 0 Å². The summed E-state index contributed by atoms with van der Waals surface area (Å²) in [5.74, 6) is 0. The van der Waals surface area contributed by atoms with Gasteiger partial charge in [0.2, 0.25) is 5.69 Å². The van der Waals surface area contributed by atoms with E-state index in [1.54, 1.807) is 11.1 Å². The zero-order chi connectivity index (χ0) is 26.4. The Labute approximate surface area is 220 Å². The number of rotatable bonds is 5. The molecule has 0 N–H and O–H groups in total. The van der Waals surface area contributed by atoms with E-state index in [-0.39, 0.29) is 21.8 Å². The molecule has 0 bridgehead atoms. The van der Waals surface area contributed by atoms with Crippen molar-refractivity contribution in [3.63, 3.8) is 0 Å². The Bertz CT molecular complexity index is 1310. The van der Waals surface area contributed by atoms with Crippen molar-refractivity contribution in [3.05, 3.63) is 75.6 Å². The van der Waals surface area contributed by atoms with E-state index in [1.807, 2.05) is 0 Å². The lowest BCUT2D eigenvalue weighted by atomic mass is 9.71. The maximum atomic E-state index is 4.89. The minimum Gasteiger partial charge on any atom is -0.189 e. The molecule has 1 heteroatoms. The number of pyridine rings is 1. The lowest BCUT2D eigenvalue weighted by Gasteiger charge is -2.37. The first-order valence-corrected chi connectivity index (χ1v) is 14.5. The highest BCUT2D eigenvalue weighted by molar-refractivity contribution is 6.07. The third-order valence-electron chi connectivity index (χ3n) is 10.6. The number of nitrogens with zero attached hydrogens (tertiary/aromatic N) is 1. The van der Waals surface area contributed by atoms with Crippen LogP contribution in [-0.2, 0) is 21.8 Å². The molecule has 2 aliphatic carbocycles. The topological polar surface area (TPSA) is 3.88 Å². The Hall–Kier alpha value is -2.15. The molecular weight excluding hydrogens is 434 g/mol. The van der Waals surface area contributed by atoms with Crippen molar-refractivity contribution in [3.8, 4) is 0 Å². The summed E-state index contributed by atoms with van der Waals surface area (Å²) in [6.45, 7) is 28.8. The fraction of sp³-hybridized carbons (Fsp3) is 0.571. The van der Waals surface area contributed by atoms with Gasteiger partial charge in [-0.1, -0.05) is 80.9 Å². The SMILES string of the molecule is C=C1C2=C(c3cc(C)c(C)c[n+]3C1(CC)CC)C(C)(C)c1cc3c(cc12)C(C)(C)CC3(C)CCCC. The number of aromatic nitrogens is 1. The number of fused-ring (bicyclic) bond motifs is 5. The fourth-order valence-corrected chi connectivity index (χ4v) is 8.38. The summed E-state index contributed by atoms with van der Waals surface area (Å²) in [6.07, 6.45) is 9.62. The van der Waals surface area contributed by atoms with Gasteiger partial charge in [0, 0.05) is 46.6 Å². The average Bonchev–Trinajstić information content (AvgIpc) is 3.17. The molecule has 1 aliphatic heterocycles. The van der Waals surface area contributed by atoms with Crippen LogP contribution in [0.2, 0.25) is 0 Å². The third-order valence-corrected chi connectivity index (χ3v) is 10.6. The molecule has 36 heavy (non-hydrogen) atoms. The quantitative estimate of drug-likeness (QED) is 0.374. The monoisotopic (exact) mass is 482 g/mol. The highest BCUT2D eigenvalue weighted by atomic mass is 15.1. The highest BCUT2D eigenvalue weighted by Crippen LogP contribution is 2.61. The van der Waals surface area contributed by atoms with E-state index >= 15 is 0 Å². The first-order valence-electron chi connectivity index (χ1n) is 14.5. The standard InChI is InChI=1S/C35H48N/c1-12-15-16-34(11)21-32(7,8)27-18-25-26(19-28(27)34)33(9,10)31-29-17-22(4)23(5)20-36(29)35(13-2,14-3)24(6)30(25)31/h17-20H,6,12-16,21H2,1-5,7-11H3/q+1. The molecule has 0 spiro atoms. The maximum absolute atomic E-state index is 4.89. The number of aryl methyl sites for hydroxylation is 2. The molecule has 192 valence electrons. The fourth-order valence-electron chi connectivity index (χ4n) is 8.38. The van der Waals surface area contributed by atoms with Gasteiger partial charge in [-0.05, 0) is 71.4 Å². The van der Waals surface area contributed by atoms with Crippen LogP contribution in [0.3, 0.4) is 0 Å². The molecule has 0 saturated carbocycles. The number of unbranched alkanes of at least 4 members (excludes halogenated alkanes) is 1. The average molecular weight is 483 g/mol. The van der Waals surface area contributed by atoms with Gasteiger partial charge in [0.15, 0.2) is 11.7 Å². The molecule has 0 amide bonds. The minimum atomic E-state index is -0.0749. The minimum absolute atomic E-state index is 0.0574. The second-order valence-corrected chi connectivity index (χ2v) is 13.7. The molecule has 1 aromatic carbocycles. The summed E-state index contributed by atoms with van der Waals surface area (Å²) in [5, 5.41) is 0. The van der Waals surface area contributed by atoms with Crippen LogP contribution in [0.15, 0.2) is 36.5 Å². The molecule has 0 fully saturated rings. The molecule has 2 aromatic rings. The van der Waals surface area contributed by atoms with E-state index in [1.165, 1.54) is 70.4 Å². The van der Waals surface area contributed by atoms with Gasteiger partial charge >= 0.3 is 0 Å². The molecule has 0 saturated heterocycles. The van der Waals surface area contributed by atoms with Crippen LogP contribution >= 0.6 is 0 Å². The highest BCUT2D eigenvalue weighted by Gasteiger charge is 2.56. The molecule has 5 rings (SSSR count). The van der Waals surface area contributed by atoms with Gasteiger partial charge < -0.3 is 0 Å². The van der Waals surface area contributed by atoms with Crippen molar-refractivity contribution in [2.75, 3.05) is 0 Å². The first kappa shape index (κ1) is 25.5. The molecule has 1 nitrogen and oxygen atoms in total. The number of hydrogen-bond acceptors (Lipinski definition) is 0. The summed E-state index contributed by atoms with van der Waals surface area (Å²) >= 11 is 0. The maximum Gasteiger partial charge on any atom is 0.210 e. The molecule has 1 unspecified atom stereocenters. The van der Waals surface area contributed by atoms with Crippen molar-refractivity contribution >= 4 is 11.1 Å². The van der Waals surface area contributed by atoms with Crippen LogP contribution in [-0.4, -0.2) is 0 Å². The number of allylic oxidation sites excluding steroid dienone is 3. The van der Waals surface area contributed by atoms with Crippen LogP contribution < -0.4 is 4.57 Å². The normalized spacial score (nSPS) is 24.4. The Balaban J connectivity index is 1.83. The van der Waals surface area contributed by atoms with Crippen LogP contribution in [0.4, 0.5) is 0 Å². The van der Waals surface area contributed by atoms with Gasteiger partial charge in [-0.2, -0.15) is 4.57 Å². The van der Waals surface area contributed by atoms with Crippen LogP contribution in [0.1, 0.15) is 133 Å². The molecule has 2 heterocycles. The molecular formula is C35H48N+. The van der Waals surface area contributed by atoms with Crippen molar-refractivity contribution in [1.82, 2.24) is 0 Å². The zero-order valence-electron chi connectivity index (χ0n) is 24.7. The second-order valence-electron chi connectivity index (χ2n) is 13.7. The van der Waals surface area contributed by atoms with Gasteiger partial charge in [-0.3, -0.25) is 0 Å². The summed E-state index contributed by atoms with van der Waals surface area (Å²) < 4.78 is 2.60. The smallest absolute Gasteiger partial charge is 0.189 e. The Morgan fingerprint density at radius 3 is 2.14 bits per heavy atom. The van der Waals surface area contributed by atoms with Gasteiger partial charge in [-0.15, -0.1) is 0 Å². The number of benzene rings is 1. The summed E-state index contributed by atoms with van der Waals surface area (Å²) in [7, 11) is 0. The van der Waals surface area contributed by atoms with E-state index in [9.17, 15) is 0 Å². The second kappa shape index (κ2) is 7.92. The van der Waals surface area contributed by atoms with E-state index < -0.39 is 0 Å². The number of hydrogen-bond donors (Lipinski definition) is 0. The van der Waals surface area contributed by atoms with Gasteiger partial charge in [0.05, 0.1) is 0 Å². The van der Waals surface area contributed by atoms with Gasteiger partial charge in [0.25, 0.3) is 0 Å². The predicted molar refractivity (Wildman–Crippen MR) is 155 cm³/mol. The summed E-state index contributed by atoms with van der Waals surface area (Å²) in [5.41, 5.74) is 14.9. The van der Waals surface area contributed by atoms with Crippen molar-refractivity contribution < 1.29 is 4.57 Å². The Morgan fingerprint density at radius 2 is 1.53 bits per heavy atom. The van der Waals surface area contributed by atoms with Crippen LogP contribution in [0.25, 0.3) is 11.1 Å². The molecule has 0 radical (unpaired) electrons. The predicted octanol–water partition coefficient (Wildman–Crippen LogP) is 9.01. The molecule has 1 aromatic heterocycles. The zero-order valence-corrected chi connectivity index (χ0v) is 24.7. The molecule has 3 aliphatic rings. The van der Waals surface area contributed by atoms with Crippen LogP contribution in [0, 0.1) is 13.8 Å². The largest absolute Gasteiger partial charge is 0.210 e. The van der Waals surface area contributed by atoms with Gasteiger partial charge in [0.1, 0.15) is 0 Å². The molecule has 1 atom stereocenters. The van der Waals surface area contributed by atoms with Gasteiger partial charge in [-0.25, -0.2) is 0 Å². The van der Waals surface area contributed by atoms with Crippen LogP contribution in [0.5, 0.6) is 0 Å². The Kier molecular flexibility index (Phi) is 5.61. The summed E-state index contributed by atoms with van der Waals surface area (Å²) in [4.78, 5) is 0. The van der Waals surface area contributed by atoms with E-state index in [0.717, 1.165) is 12.8 Å². The van der Waals surface area contributed by atoms with Crippen molar-refractivity contribution in [2.45, 2.75) is 130 Å². The lowest BCUT2D eigenvalue weighted by Crippen LogP contribution is -2.61. The third kappa shape index (κ3) is 3.10. The van der Waals surface area contributed by atoms with Crippen molar-refractivity contribution in [2.24, 2.45) is 0 Å². The first-order chi connectivity index (χ1) is 16.8. The van der Waals surface area contributed by atoms with E-state index in [4.69, 9.17) is 6.58 Å². The van der Waals surface area contributed by atoms with E-state index in [0.29, 0.717) is 0 Å². The summed E-state index contributed by atoms with van der Waals surface area (Å²) in [6, 6.07) is 7.73. The lowest BCUT2D eigenvalue weighted by molar-refractivity contribution is -0.758. The van der Waals surface area contributed by atoms with E-state index in [2.05, 4.69) is 98.2 Å². The Morgan fingerprint density at radius 1 is 0.861 bits per heavy atom.